The van der Waals surface area contributed by atoms with E-state index in [2.05, 4.69) is 10.6 Å². The van der Waals surface area contributed by atoms with Crippen LogP contribution in [0.4, 0.5) is 11.4 Å². The Morgan fingerprint density at radius 2 is 1.70 bits per heavy atom. The summed E-state index contributed by atoms with van der Waals surface area (Å²) in [5.41, 5.74) is 0.946. The molecule has 2 rings (SSSR count). The van der Waals surface area contributed by atoms with E-state index < -0.39 is 6.04 Å². The van der Waals surface area contributed by atoms with E-state index in [-0.39, 0.29) is 18.4 Å². The van der Waals surface area contributed by atoms with Crippen molar-refractivity contribution in [2.75, 3.05) is 31.3 Å². The van der Waals surface area contributed by atoms with Gasteiger partial charge in [0, 0.05) is 0 Å². The molecule has 0 fully saturated rings. The van der Waals surface area contributed by atoms with Crippen molar-refractivity contribution in [3.8, 4) is 5.75 Å². The molecule has 0 saturated carbocycles. The molecule has 0 spiro atoms. The first-order chi connectivity index (χ1) is 12.8. The predicted molar refractivity (Wildman–Crippen MR) is 108 cm³/mol. The highest BCUT2D eigenvalue weighted by Gasteiger charge is 2.25. The molecule has 8 heteroatoms. The molecule has 0 aliphatic carbocycles. The lowest BCUT2D eigenvalue weighted by atomic mass is 10.2. The number of hydrogen-bond acceptors (Lipinski definition) is 3. The molecule has 3 N–H and O–H groups in total. The summed E-state index contributed by atoms with van der Waals surface area (Å²) in [5, 5.41) is 6.23. The van der Waals surface area contributed by atoms with Gasteiger partial charge in [-0.3, -0.25) is 9.59 Å². The van der Waals surface area contributed by atoms with Gasteiger partial charge in [-0.25, -0.2) is 0 Å². The van der Waals surface area contributed by atoms with E-state index in [1.165, 1.54) is 7.11 Å². The Bertz CT molecular complexity index is 809. The smallest absolute Gasteiger partial charge is 0.282 e. The van der Waals surface area contributed by atoms with Crippen molar-refractivity contribution in [2.24, 2.45) is 0 Å². The van der Waals surface area contributed by atoms with E-state index in [9.17, 15) is 9.59 Å². The standard InChI is InChI=1S/C19H21Cl2N3O3/c1-12(19(26)22-15-9-4-5-10-16(15)27-3)24(2)11-17(25)23-18-13(20)7-6-8-14(18)21/h4-10,12H,11H2,1-3H3,(H,22,26)(H,23,25)/p+1/t12-/m0/s1. The van der Waals surface area contributed by atoms with Crippen LogP contribution in [0, 0.1) is 0 Å². The van der Waals surface area contributed by atoms with E-state index in [1.54, 1.807) is 50.4 Å². The lowest BCUT2D eigenvalue weighted by Gasteiger charge is -2.21. The van der Waals surface area contributed by atoms with Crippen LogP contribution in [0.5, 0.6) is 5.75 Å². The Hall–Kier alpha value is -2.28. The lowest BCUT2D eigenvalue weighted by molar-refractivity contribution is -0.885. The fourth-order valence-electron chi connectivity index (χ4n) is 2.42. The first-order valence-corrected chi connectivity index (χ1v) is 9.09. The summed E-state index contributed by atoms with van der Waals surface area (Å²) >= 11 is 12.1. The average Bonchev–Trinajstić information content (AvgIpc) is 2.64. The van der Waals surface area contributed by atoms with Gasteiger partial charge >= 0.3 is 0 Å². The highest BCUT2D eigenvalue weighted by molar-refractivity contribution is 6.39. The first-order valence-electron chi connectivity index (χ1n) is 8.33. The molecule has 1 unspecified atom stereocenters. The molecule has 144 valence electrons. The summed E-state index contributed by atoms with van der Waals surface area (Å²) in [5.74, 6) is 0.0572. The number of carbonyl (C=O) groups is 2. The second-order valence-corrected chi connectivity index (χ2v) is 6.89. The van der Waals surface area contributed by atoms with Crippen molar-refractivity contribution in [1.82, 2.24) is 0 Å². The lowest BCUT2D eigenvalue weighted by Crippen LogP contribution is -3.14. The number of ether oxygens (including phenoxy) is 1. The van der Waals surface area contributed by atoms with E-state index in [0.29, 0.717) is 32.1 Å². The van der Waals surface area contributed by atoms with Crippen molar-refractivity contribution in [2.45, 2.75) is 13.0 Å². The van der Waals surface area contributed by atoms with E-state index in [4.69, 9.17) is 27.9 Å². The maximum atomic E-state index is 12.5. The van der Waals surface area contributed by atoms with Gasteiger partial charge in [0.1, 0.15) is 5.75 Å². The maximum Gasteiger partial charge on any atom is 0.282 e. The number of methoxy groups -OCH3 is 1. The predicted octanol–water partition coefficient (Wildman–Crippen LogP) is 2.48. The van der Waals surface area contributed by atoms with Crippen LogP contribution in [0.15, 0.2) is 42.5 Å². The fourth-order valence-corrected chi connectivity index (χ4v) is 2.91. The van der Waals surface area contributed by atoms with Gasteiger partial charge in [0.05, 0.1) is 35.6 Å². The number of hydrogen-bond donors (Lipinski definition) is 3. The topological polar surface area (TPSA) is 71.9 Å². The van der Waals surface area contributed by atoms with Crippen molar-refractivity contribution < 1.29 is 19.2 Å². The van der Waals surface area contributed by atoms with Crippen molar-refractivity contribution in [1.29, 1.82) is 0 Å². The van der Waals surface area contributed by atoms with Gasteiger partial charge in [-0.1, -0.05) is 41.4 Å². The minimum atomic E-state index is -0.470. The van der Waals surface area contributed by atoms with Crippen LogP contribution in [0.1, 0.15) is 6.92 Å². The van der Waals surface area contributed by atoms with Crippen LogP contribution in [0.25, 0.3) is 0 Å². The quantitative estimate of drug-likeness (QED) is 0.656. The maximum absolute atomic E-state index is 12.5. The molecular weight excluding hydrogens is 389 g/mol. The Balaban J connectivity index is 1.97. The van der Waals surface area contributed by atoms with Gasteiger partial charge in [-0.2, -0.15) is 0 Å². The summed E-state index contributed by atoms with van der Waals surface area (Å²) in [6, 6.07) is 11.7. The SMILES string of the molecule is COc1ccccc1NC(=O)[C@H](C)[NH+](C)CC(=O)Nc1c(Cl)cccc1Cl. The summed E-state index contributed by atoms with van der Waals surface area (Å²) in [6.07, 6.45) is 0. The Morgan fingerprint density at radius 1 is 1.07 bits per heavy atom. The number of nitrogens with one attached hydrogen (secondary N) is 3. The second-order valence-electron chi connectivity index (χ2n) is 6.08. The van der Waals surface area contributed by atoms with Gasteiger partial charge in [0.25, 0.3) is 11.8 Å². The largest absolute Gasteiger partial charge is 0.495 e. The zero-order chi connectivity index (χ0) is 20.0. The fraction of sp³-hybridized carbons (Fsp3) is 0.263. The van der Waals surface area contributed by atoms with E-state index in [1.807, 2.05) is 6.07 Å². The molecule has 2 aromatic rings. The van der Waals surface area contributed by atoms with Crippen LogP contribution >= 0.6 is 23.2 Å². The van der Waals surface area contributed by atoms with Gasteiger partial charge < -0.3 is 20.3 Å². The molecule has 2 aromatic carbocycles. The molecule has 0 aromatic heterocycles. The Kier molecular flexibility index (Phi) is 7.47. The van der Waals surface area contributed by atoms with Crippen LogP contribution in [-0.2, 0) is 9.59 Å². The molecule has 0 bridgehead atoms. The number of halogens is 2. The summed E-state index contributed by atoms with van der Waals surface area (Å²) in [6.45, 7) is 1.82. The molecule has 0 aliphatic heterocycles. The third kappa shape index (κ3) is 5.60. The van der Waals surface area contributed by atoms with Crippen LogP contribution in [0.3, 0.4) is 0 Å². The summed E-state index contributed by atoms with van der Waals surface area (Å²) in [7, 11) is 3.30. The molecule has 0 radical (unpaired) electrons. The van der Waals surface area contributed by atoms with Crippen LogP contribution < -0.4 is 20.3 Å². The summed E-state index contributed by atoms with van der Waals surface area (Å²) in [4.78, 5) is 25.5. The van der Waals surface area contributed by atoms with Crippen molar-refractivity contribution in [3.63, 3.8) is 0 Å². The van der Waals surface area contributed by atoms with Crippen LogP contribution in [-0.4, -0.2) is 38.6 Å². The average molecular weight is 411 g/mol. The molecule has 2 amide bonds. The number of anilines is 2. The Morgan fingerprint density at radius 3 is 2.33 bits per heavy atom. The van der Waals surface area contributed by atoms with Gasteiger partial charge in [-0.05, 0) is 31.2 Å². The zero-order valence-corrected chi connectivity index (χ0v) is 16.8. The number of benzene rings is 2. The Labute approximate surface area is 168 Å². The number of carbonyl (C=O) groups excluding carboxylic acids is 2. The number of quaternary nitrogens is 1. The van der Waals surface area contributed by atoms with Gasteiger partial charge in [0.2, 0.25) is 0 Å². The zero-order valence-electron chi connectivity index (χ0n) is 15.3. The normalized spacial score (nSPS) is 12.8. The molecule has 27 heavy (non-hydrogen) atoms. The third-order valence-electron chi connectivity index (χ3n) is 4.16. The van der Waals surface area contributed by atoms with Crippen molar-refractivity contribution in [3.05, 3.63) is 52.5 Å². The molecule has 2 atom stereocenters. The van der Waals surface area contributed by atoms with Crippen LogP contribution in [0.2, 0.25) is 10.0 Å². The molecule has 0 saturated heterocycles. The number of likely N-dealkylation sites (N-methyl/N-ethyl adjacent to an activating group) is 1. The van der Waals surface area contributed by atoms with E-state index in [0.717, 1.165) is 0 Å². The van der Waals surface area contributed by atoms with E-state index >= 15 is 0 Å². The summed E-state index contributed by atoms with van der Waals surface area (Å²) < 4.78 is 5.23. The number of rotatable bonds is 7. The number of para-hydroxylation sites is 3. The van der Waals surface area contributed by atoms with Gasteiger partial charge in [0.15, 0.2) is 12.6 Å². The monoisotopic (exact) mass is 410 g/mol. The third-order valence-corrected chi connectivity index (χ3v) is 4.79. The first kappa shape index (κ1) is 21.0. The minimum Gasteiger partial charge on any atom is -0.495 e. The second kappa shape index (κ2) is 9.60. The minimum absolute atomic E-state index is 0.0715. The molecular formula is C19H22Cl2N3O3+. The van der Waals surface area contributed by atoms with Crippen molar-refractivity contribution >= 4 is 46.4 Å². The molecule has 6 nitrogen and oxygen atoms in total. The number of amides is 2. The molecule has 0 heterocycles. The highest BCUT2D eigenvalue weighted by Crippen LogP contribution is 2.29. The highest BCUT2D eigenvalue weighted by atomic mass is 35.5. The molecule has 0 aliphatic rings. The van der Waals surface area contributed by atoms with Gasteiger partial charge in [-0.15, -0.1) is 0 Å².